The van der Waals surface area contributed by atoms with Gasteiger partial charge in [-0.2, -0.15) is 5.26 Å². The average molecular weight is 365 g/mol. The van der Waals surface area contributed by atoms with Crippen molar-refractivity contribution < 1.29 is 27.2 Å². The predicted octanol–water partition coefficient (Wildman–Crippen LogP) is 3.44. The maximum absolute atomic E-state index is 12.7. The first-order valence-electron chi connectivity index (χ1n) is 7.60. The van der Waals surface area contributed by atoms with E-state index in [1.54, 1.807) is 12.1 Å². The number of nitriles is 1. The number of nitrogens with one attached hydrogen (secondary N) is 1. The van der Waals surface area contributed by atoms with Crippen molar-refractivity contribution in [3.8, 4) is 23.3 Å². The van der Waals surface area contributed by atoms with E-state index in [0.717, 1.165) is 12.1 Å². The third-order valence-electron chi connectivity index (χ3n) is 3.75. The molecule has 26 heavy (non-hydrogen) atoms. The van der Waals surface area contributed by atoms with E-state index in [9.17, 15) is 18.2 Å². The van der Waals surface area contributed by atoms with Gasteiger partial charge in [-0.25, -0.2) is 0 Å². The monoisotopic (exact) mass is 365 g/mol. The number of methoxy groups -OCH3 is 3. The Balaban J connectivity index is 2.33. The normalized spacial score (nSPS) is 12.0. The highest BCUT2D eigenvalue weighted by Crippen LogP contribution is 2.40. The van der Waals surface area contributed by atoms with Gasteiger partial charge in [0.1, 0.15) is 6.04 Å². The Kier molecular flexibility index (Phi) is 5.88. The fraction of sp³-hybridized carbons (Fsp3) is 0.235. The lowest BCUT2D eigenvalue weighted by Crippen LogP contribution is -2.33. The molecular formula is C17H17BF3N2O3-. The van der Waals surface area contributed by atoms with Gasteiger partial charge in [-0.05, 0) is 29.8 Å². The van der Waals surface area contributed by atoms with Crippen molar-refractivity contribution in [1.82, 2.24) is 0 Å². The van der Waals surface area contributed by atoms with Crippen LogP contribution in [0.25, 0.3) is 0 Å². The Morgan fingerprint density at radius 3 is 1.88 bits per heavy atom. The molecule has 138 valence electrons. The van der Waals surface area contributed by atoms with E-state index in [1.165, 1.54) is 33.5 Å². The van der Waals surface area contributed by atoms with Gasteiger partial charge in [0.25, 0.3) is 0 Å². The molecule has 9 heteroatoms. The fourth-order valence-electron chi connectivity index (χ4n) is 2.42. The first-order valence-corrected chi connectivity index (χ1v) is 7.60. The Labute approximate surface area is 149 Å². The van der Waals surface area contributed by atoms with Crippen molar-refractivity contribution in [1.29, 1.82) is 5.26 Å². The van der Waals surface area contributed by atoms with Crippen LogP contribution in [-0.4, -0.2) is 28.3 Å². The average Bonchev–Trinajstić information content (AvgIpc) is 2.64. The lowest BCUT2D eigenvalue weighted by Gasteiger charge is -2.19. The van der Waals surface area contributed by atoms with E-state index in [-0.39, 0.29) is 0 Å². The van der Waals surface area contributed by atoms with Gasteiger partial charge in [0.15, 0.2) is 11.5 Å². The van der Waals surface area contributed by atoms with Gasteiger partial charge in [-0.1, -0.05) is 12.1 Å². The van der Waals surface area contributed by atoms with Crippen LogP contribution in [0.15, 0.2) is 36.4 Å². The standard InChI is InChI=1S/C17H17BF3N2O3/c1-24-15-8-11(9-16(25-2)17(15)26-3)14(10-22)23-13-6-4-12(5-7-13)18(19,20)21/h4-9,14,23H,1-3H3/q-1. The van der Waals surface area contributed by atoms with Crippen molar-refractivity contribution in [2.75, 3.05) is 26.6 Å². The zero-order valence-electron chi connectivity index (χ0n) is 14.4. The summed E-state index contributed by atoms with van der Waals surface area (Å²) >= 11 is 0. The van der Waals surface area contributed by atoms with Crippen molar-refractivity contribution in [3.05, 3.63) is 42.0 Å². The molecule has 2 rings (SSSR count). The summed E-state index contributed by atoms with van der Waals surface area (Å²) in [7, 11) is 4.37. The molecule has 1 atom stereocenters. The van der Waals surface area contributed by atoms with Gasteiger partial charge < -0.3 is 32.5 Å². The van der Waals surface area contributed by atoms with Gasteiger partial charge in [0.05, 0.1) is 27.4 Å². The molecule has 0 aromatic heterocycles. The maximum Gasteiger partial charge on any atom is 0.509 e. The van der Waals surface area contributed by atoms with Crippen LogP contribution in [0.3, 0.4) is 0 Å². The zero-order valence-corrected chi connectivity index (χ0v) is 14.4. The maximum atomic E-state index is 12.7. The quantitative estimate of drug-likeness (QED) is 0.762. The van der Waals surface area contributed by atoms with Crippen LogP contribution >= 0.6 is 0 Å². The molecule has 0 heterocycles. The molecule has 0 saturated heterocycles. The van der Waals surface area contributed by atoms with Crippen LogP contribution < -0.4 is 25.0 Å². The van der Waals surface area contributed by atoms with E-state index in [4.69, 9.17) is 14.2 Å². The Bertz CT molecular complexity index is 779. The smallest absolute Gasteiger partial charge is 0.493 e. The fourth-order valence-corrected chi connectivity index (χ4v) is 2.42. The van der Waals surface area contributed by atoms with Crippen LogP contribution in [0.5, 0.6) is 17.2 Å². The highest BCUT2D eigenvalue weighted by Gasteiger charge is 2.25. The second-order valence-electron chi connectivity index (χ2n) is 5.36. The Morgan fingerprint density at radius 1 is 0.962 bits per heavy atom. The van der Waals surface area contributed by atoms with Crippen molar-refractivity contribution in [2.24, 2.45) is 0 Å². The van der Waals surface area contributed by atoms with Crippen LogP contribution in [0.2, 0.25) is 0 Å². The first-order chi connectivity index (χ1) is 12.3. The summed E-state index contributed by atoms with van der Waals surface area (Å²) in [5, 5.41) is 12.4. The molecule has 0 aliphatic heterocycles. The van der Waals surface area contributed by atoms with Crippen LogP contribution in [0.4, 0.5) is 18.6 Å². The molecule has 0 bridgehead atoms. The minimum atomic E-state index is -5.06. The number of nitrogens with zero attached hydrogens (tertiary/aromatic N) is 1. The van der Waals surface area contributed by atoms with Gasteiger partial charge in [0, 0.05) is 5.69 Å². The van der Waals surface area contributed by atoms with E-state index in [1.807, 2.05) is 0 Å². The molecule has 0 amide bonds. The van der Waals surface area contributed by atoms with Crippen LogP contribution in [-0.2, 0) is 0 Å². The SMILES string of the molecule is COc1cc(C(C#N)Nc2ccc([B-](F)(F)F)cc2)cc(OC)c1OC. The van der Waals surface area contributed by atoms with Crippen LogP contribution in [0, 0.1) is 11.3 Å². The first kappa shape index (κ1) is 19.3. The topological polar surface area (TPSA) is 63.5 Å². The molecule has 0 fully saturated rings. The lowest BCUT2D eigenvalue weighted by atomic mass is 9.80. The van der Waals surface area contributed by atoms with E-state index in [0.29, 0.717) is 28.5 Å². The molecule has 0 spiro atoms. The molecule has 1 N–H and O–H groups in total. The van der Waals surface area contributed by atoms with Gasteiger partial charge in [-0.15, -0.1) is 5.46 Å². The number of rotatable bonds is 7. The Hall–Kier alpha value is -3.02. The summed E-state index contributed by atoms with van der Waals surface area (Å²) < 4.78 is 53.8. The summed E-state index contributed by atoms with van der Waals surface area (Å²) in [4.78, 5) is 0. The van der Waals surface area contributed by atoms with Gasteiger partial charge in [-0.3, -0.25) is 0 Å². The molecule has 2 aromatic carbocycles. The van der Waals surface area contributed by atoms with Crippen molar-refractivity contribution in [2.45, 2.75) is 6.04 Å². The number of ether oxygens (including phenoxy) is 3. The lowest BCUT2D eigenvalue weighted by molar-refractivity contribution is 0.323. The molecular weight excluding hydrogens is 348 g/mol. The van der Waals surface area contributed by atoms with Crippen molar-refractivity contribution in [3.63, 3.8) is 0 Å². The second kappa shape index (κ2) is 7.91. The van der Waals surface area contributed by atoms with E-state index < -0.39 is 18.5 Å². The number of anilines is 1. The molecule has 0 saturated carbocycles. The minimum absolute atomic E-state index is 0.374. The summed E-state index contributed by atoms with van der Waals surface area (Å²) in [5.74, 6) is 1.13. The molecule has 0 radical (unpaired) electrons. The number of hydrogen-bond donors (Lipinski definition) is 1. The van der Waals surface area contributed by atoms with Crippen LogP contribution in [0.1, 0.15) is 11.6 Å². The third kappa shape index (κ3) is 4.14. The zero-order chi connectivity index (χ0) is 19.3. The number of hydrogen-bond acceptors (Lipinski definition) is 5. The second-order valence-corrected chi connectivity index (χ2v) is 5.36. The molecule has 0 aliphatic rings. The Morgan fingerprint density at radius 2 is 1.50 bits per heavy atom. The summed E-state index contributed by atoms with van der Waals surface area (Å²) in [6.07, 6.45) is 0. The molecule has 5 nitrogen and oxygen atoms in total. The minimum Gasteiger partial charge on any atom is -0.493 e. The highest BCUT2D eigenvalue weighted by molar-refractivity contribution is 6.73. The summed E-state index contributed by atoms with van der Waals surface area (Å²) in [5.41, 5.74) is 0.206. The van der Waals surface area contributed by atoms with Crippen molar-refractivity contribution >= 4 is 18.1 Å². The largest absolute Gasteiger partial charge is 0.509 e. The summed E-state index contributed by atoms with van der Waals surface area (Å²) in [6.45, 7) is -5.06. The van der Waals surface area contributed by atoms with Gasteiger partial charge >= 0.3 is 6.98 Å². The third-order valence-corrected chi connectivity index (χ3v) is 3.75. The molecule has 0 aliphatic carbocycles. The van der Waals surface area contributed by atoms with E-state index in [2.05, 4.69) is 11.4 Å². The van der Waals surface area contributed by atoms with E-state index >= 15 is 0 Å². The molecule has 1 unspecified atom stereocenters. The molecule has 2 aromatic rings. The van der Waals surface area contributed by atoms with Gasteiger partial charge in [0.2, 0.25) is 5.75 Å². The number of benzene rings is 2. The number of halogens is 3. The summed E-state index contributed by atoms with van der Waals surface area (Å²) in [6, 6.07) is 8.98. The predicted molar refractivity (Wildman–Crippen MR) is 93.2 cm³/mol. The highest BCUT2D eigenvalue weighted by atomic mass is 19.4.